The Balaban J connectivity index is 2.30. The molecule has 5 heavy (non-hydrogen) atoms. The van der Waals surface area contributed by atoms with Crippen molar-refractivity contribution in [1.29, 1.82) is 5.26 Å². The minimum Gasteiger partial charge on any atom is -0.301 e. The average Bonchev–Trinajstić information content (AvgIpc) is 2.12. The molecule has 0 amide bonds. The maximum absolute atomic E-state index is 7.85. The quantitative estimate of drug-likeness (QED) is 0.293. The van der Waals surface area contributed by atoms with Gasteiger partial charge in [-0.05, 0) is 0 Å². The van der Waals surface area contributed by atoms with Crippen LogP contribution in [0.1, 0.15) is 0 Å². The second-order valence-corrected chi connectivity index (χ2v) is 0.935. The molecule has 1 radical (unpaired) electrons. The third-order valence-corrected chi connectivity index (χ3v) is 0.494. The molecule has 1 aliphatic heterocycles. The molecule has 0 spiro atoms. The monoisotopic (exact) mass is 67.0 g/mol. The van der Waals surface area contributed by atoms with E-state index in [-0.39, 0.29) is 0 Å². The van der Waals surface area contributed by atoms with Gasteiger partial charge in [0, 0.05) is 0 Å². The van der Waals surface area contributed by atoms with Crippen molar-refractivity contribution in [3.05, 3.63) is 6.54 Å². The summed E-state index contributed by atoms with van der Waals surface area (Å²) in [6.07, 6.45) is 1.92. The summed E-state index contributed by atoms with van der Waals surface area (Å²) in [5.41, 5.74) is 0. The lowest BCUT2D eigenvalue weighted by Crippen LogP contribution is -1.73. The van der Waals surface area contributed by atoms with Crippen molar-refractivity contribution in [1.82, 2.24) is 4.90 Å². The molecule has 1 rings (SSSR count). The lowest BCUT2D eigenvalue weighted by Gasteiger charge is -1.66. The van der Waals surface area contributed by atoms with Gasteiger partial charge in [-0.15, -0.1) is 0 Å². The van der Waals surface area contributed by atoms with Crippen LogP contribution in [0.3, 0.4) is 0 Å². The van der Waals surface area contributed by atoms with E-state index in [1.54, 1.807) is 4.90 Å². The first-order valence-corrected chi connectivity index (χ1v) is 1.43. The van der Waals surface area contributed by atoms with Gasteiger partial charge in [0.05, 0.1) is 13.1 Å². The van der Waals surface area contributed by atoms with Gasteiger partial charge < -0.3 is 4.90 Å². The van der Waals surface area contributed by atoms with E-state index >= 15 is 0 Å². The molecule has 1 aliphatic rings. The van der Waals surface area contributed by atoms with Crippen molar-refractivity contribution in [3.8, 4) is 6.19 Å². The van der Waals surface area contributed by atoms with Crippen LogP contribution in [0.4, 0.5) is 0 Å². The molecule has 0 N–H and O–H groups in total. The Morgan fingerprint density at radius 2 is 2.60 bits per heavy atom. The second-order valence-electron chi connectivity index (χ2n) is 0.935. The summed E-state index contributed by atoms with van der Waals surface area (Å²) in [5, 5.41) is 7.85. The van der Waals surface area contributed by atoms with Gasteiger partial charge in [0.25, 0.3) is 0 Å². The molecule has 0 saturated carbocycles. The minimum atomic E-state index is 0.858. The summed E-state index contributed by atoms with van der Waals surface area (Å²) in [5.74, 6) is 0. The van der Waals surface area contributed by atoms with E-state index in [2.05, 4.69) is 0 Å². The summed E-state index contributed by atoms with van der Waals surface area (Å²) in [4.78, 5) is 1.56. The number of nitrogens with zero attached hydrogens (tertiary/aromatic N) is 2. The first-order chi connectivity index (χ1) is 2.43. The number of hydrogen-bond donors (Lipinski definition) is 0. The largest absolute Gasteiger partial charge is 0.301 e. The molecule has 0 aromatic rings. The van der Waals surface area contributed by atoms with Crippen LogP contribution in [0.2, 0.25) is 0 Å². The highest BCUT2D eigenvalue weighted by Gasteiger charge is 2.13. The molecule has 1 saturated heterocycles. The van der Waals surface area contributed by atoms with Gasteiger partial charge in [0.2, 0.25) is 0 Å². The van der Waals surface area contributed by atoms with Crippen LogP contribution < -0.4 is 0 Å². The van der Waals surface area contributed by atoms with Crippen molar-refractivity contribution < 1.29 is 0 Å². The lowest BCUT2D eigenvalue weighted by molar-refractivity contribution is 0.827. The second kappa shape index (κ2) is 0.617. The van der Waals surface area contributed by atoms with E-state index in [9.17, 15) is 0 Å². The van der Waals surface area contributed by atoms with E-state index in [0.717, 1.165) is 6.54 Å². The first-order valence-electron chi connectivity index (χ1n) is 1.43. The molecule has 0 aromatic heterocycles. The Bertz CT molecular complexity index is 67.5. The molecular formula is C3H3N2. The Labute approximate surface area is 30.6 Å². The van der Waals surface area contributed by atoms with Crippen LogP contribution in [0, 0.1) is 18.0 Å². The summed E-state index contributed by atoms with van der Waals surface area (Å²) < 4.78 is 0. The molecule has 0 unspecified atom stereocenters. The molecule has 1 heterocycles. The maximum Gasteiger partial charge on any atom is 0.179 e. The molecule has 0 bridgehead atoms. The van der Waals surface area contributed by atoms with Gasteiger partial charge in [-0.1, -0.05) is 0 Å². The van der Waals surface area contributed by atoms with Crippen LogP contribution in [-0.4, -0.2) is 11.4 Å². The predicted molar refractivity (Wildman–Crippen MR) is 16.6 cm³/mol. The van der Waals surface area contributed by atoms with Crippen LogP contribution in [0.5, 0.6) is 0 Å². The minimum absolute atomic E-state index is 0.858. The molecule has 0 aliphatic carbocycles. The Hall–Kier alpha value is -0.710. The fraction of sp³-hybridized carbons (Fsp3) is 0.333. The standard InChI is InChI=1S/C3H3N2/c4-3-5-1-2-5/h1H,2H2. The first kappa shape index (κ1) is 2.52. The SMILES string of the molecule is N#CN1[CH]C1. The number of rotatable bonds is 0. The third-order valence-electron chi connectivity index (χ3n) is 0.494. The van der Waals surface area contributed by atoms with Crippen molar-refractivity contribution >= 4 is 0 Å². The fourth-order valence-corrected chi connectivity index (χ4v) is 0.122. The van der Waals surface area contributed by atoms with Gasteiger partial charge in [-0.3, -0.25) is 0 Å². The van der Waals surface area contributed by atoms with E-state index in [0.29, 0.717) is 0 Å². The van der Waals surface area contributed by atoms with Gasteiger partial charge in [0.15, 0.2) is 6.19 Å². The van der Waals surface area contributed by atoms with Crippen molar-refractivity contribution in [2.24, 2.45) is 0 Å². The molecule has 2 nitrogen and oxygen atoms in total. The zero-order chi connectivity index (χ0) is 3.70. The van der Waals surface area contributed by atoms with E-state index < -0.39 is 0 Å². The van der Waals surface area contributed by atoms with Gasteiger partial charge >= 0.3 is 0 Å². The highest BCUT2D eigenvalue weighted by molar-refractivity contribution is 4.97. The summed E-state index contributed by atoms with van der Waals surface area (Å²) in [6, 6.07) is 0. The van der Waals surface area contributed by atoms with E-state index in [4.69, 9.17) is 5.26 Å². The van der Waals surface area contributed by atoms with Crippen LogP contribution >= 0.6 is 0 Å². The molecule has 0 aromatic carbocycles. The molecule has 2 heteroatoms. The number of hydrogen-bond acceptors (Lipinski definition) is 2. The highest BCUT2D eigenvalue weighted by Crippen LogP contribution is 2.04. The Morgan fingerprint density at radius 1 is 2.00 bits per heavy atom. The third kappa shape index (κ3) is 0.297. The normalized spacial score (nSPS) is 17.8. The van der Waals surface area contributed by atoms with Crippen molar-refractivity contribution in [2.75, 3.05) is 6.54 Å². The Morgan fingerprint density at radius 3 is 2.60 bits per heavy atom. The summed E-state index contributed by atoms with van der Waals surface area (Å²) in [6.45, 7) is 2.68. The molecular weight excluding hydrogens is 64.0 g/mol. The van der Waals surface area contributed by atoms with E-state index in [1.807, 2.05) is 12.7 Å². The van der Waals surface area contributed by atoms with Gasteiger partial charge in [-0.25, -0.2) is 0 Å². The average molecular weight is 67.1 g/mol. The molecule has 25 valence electrons. The predicted octanol–water partition coefficient (Wildman–Crippen LogP) is -0.0551. The maximum atomic E-state index is 7.85. The molecule has 1 fully saturated rings. The smallest absolute Gasteiger partial charge is 0.179 e. The molecule has 0 atom stereocenters. The highest BCUT2D eigenvalue weighted by atomic mass is 15.2. The van der Waals surface area contributed by atoms with Crippen LogP contribution in [-0.2, 0) is 0 Å². The van der Waals surface area contributed by atoms with Crippen molar-refractivity contribution in [3.63, 3.8) is 0 Å². The fourth-order valence-electron chi connectivity index (χ4n) is 0.122. The van der Waals surface area contributed by atoms with Gasteiger partial charge in [0.1, 0.15) is 0 Å². The van der Waals surface area contributed by atoms with E-state index in [1.165, 1.54) is 0 Å². The summed E-state index contributed by atoms with van der Waals surface area (Å²) >= 11 is 0. The Kier molecular flexibility index (Phi) is 0.311. The summed E-state index contributed by atoms with van der Waals surface area (Å²) in [7, 11) is 0. The van der Waals surface area contributed by atoms with Crippen LogP contribution in [0.15, 0.2) is 0 Å². The lowest BCUT2D eigenvalue weighted by atomic mass is 11.0. The van der Waals surface area contributed by atoms with Crippen LogP contribution in [0.25, 0.3) is 0 Å². The zero-order valence-corrected chi connectivity index (χ0v) is 2.68. The van der Waals surface area contributed by atoms with Gasteiger partial charge in [-0.2, -0.15) is 5.26 Å². The van der Waals surface area contributed by atoms with Crippen molar-refractivity contribution in [2.45, 2.75) is 0 Å². The topological polar surface area (TPSA) is 26.8 Å². The number of nitriles is 1. The zero-order valence-electron chi connectivity index (χ0n) is 2.68.